The van der Waals surface area contributed by atoms with Gasteiger partial charge in [0.25, 0.3) is 0 Å². The molecular weight excluding hydrogens is 880 g/mol. The maximum absolute atomic E-state index is 13.4. The average molecular weight is 915 g/mol. The molecule has 0 radical (unpaired) electrons. The molecule has 5 rings (SSSR count). The van der Waals surface area contributed by atoms with Gasteiger partial charge in [-0.05, 0) is 114 Å². The lowest BCUT2D eigenvalue weighted by Crippen LogP contribution is -2.44. The van der Waals surface area contributed by atoms with E-state index in [0.717, 1.165) is 60.7 Å². The zero-order valence-corrected chi connectivity index (χ0v) is 33.1. The summed E-state index contributed by atoms with van der Waals surface area (Å²) in [5.41, 5.74) is 12.8. The largest absolute Gasteiger partial charge is 0.461 e. The predicted molar refractivity (Wildman–Crippen MR) is 217 cm³/mol. The van der Waals surface area contributed by atoms with Crippen molar-refractivity contribution in [3.63, 3.8) is 0 Å². The third-order valence-electron chi connectivity index (χ3n) is 9.01. The fraction of sp³-hybridized carbons (Fsp3) is 0.156. The zero-order valence-electron chi connectivity index (χ0n) is 33.1. The lowest BCUT2D eigenvalue weighted by Gasteiger charge is -2.30. The van der Waals surface area contributed by atoms with Crippen LogP contribution >= 0.6 is 0 Å². The molecule has 0 amide bonds. The van der Waals surface area contributed by atoms with Gasteiger partial charge in [-0.1, -0.05) is 42.5 Å². The van der Waals surface area contributed by atoms with Crippen LogP contribution in [0.25, 0.3) is 12.2 Å². The van der Waals surface area contributed by atoms with Crippen LogP contribution < -0.4 is 30.4 Å². The van der Waals surface area contributed by atoms with Crippen LogP contribution in [-0.4, -0.2) is 64.6 Å². The van der Waals surface area contributed by atoms with E-state index in [1.807, 2.05) is 0 Å². The Labute approximate surface area is 362 Å². The van der Waals surface area contributed by atoms with Crippen LogP contribution in [0.3, 0.4) is 0 Å². The Bertz CT molecular complexity index is 2550. The van der Waals surface area contributed by atoms with Crippen LogP contribution in [0, 0.1) is 0 Å². The molecule has 0 aromatic heterocycles. The summed E-state index contributed by atoms with van der Waals surface area (Å²) in [7, 11) is 0. The lowest BCUT2D eigenvalue weighted by atomic mass is 9.82. The Morgan fingerprint density at radius 3 is 1.37 bits per heavy atom. The summed E-state index contributed by atoms with van der Waals surface area (Å²) in [6.07, 6.45) is -13.8. The van der Waals surface area contributed by atoms with Crippen molar-refractivity contribution in [3.05, 3.63) is 155 Å². The molecule has 5 aromatic carbocycles. The van der Waals surface area contributed by atoms with Crippen molar-refractivity contribution in [3.8, 4) is 23.0 Å². The summed E-state index contributed by atoms with van der Waals surface area (Å²) in [6, 6.07) is 22.6. The molecule has 0 aliphatic heterocycles. The Morgan fingerprint density at radius 2 is 0.969 bits per heavy atom. The SMILES string of the molecule is Nc1ccc(C(CC(=O)/C=C/c2ccc(C(=O)Oc3ccc(OC(F)(F)C(F)F)cc3)cc2)C(O)(O)C(=O)/C=C/c2ccc(C(=O)Oc3ccc(OC(F)(F)C(F)F)cc3)cc2)c(N)c1. The number of hydrogen-bond donors (Lipinski definition) is 4. The van der Waals surface area contributed by atoms with Crippen LogP contribution in [0.4, 0.5) is 46.5 Å². The molecule has 6 N–H and O–H groups in total. The van der Waals surface area contributed by atoms with Gasteiger partial charge in [-0.3, -0.25) is 9.59 Å². The number of hydrogen-bond acceptors (Lipinski definition) is 12. The first-order valence-corrected chi connectivity index (χ1v) is 18.6. The van der Waals surface area contributed by atoms with Crippen molar-refractivity contribution in [1.82, 2.24) is 0 Å². The highest BCUT2D eigenvalue weighted by Crippen LogP contribution is 2.36. The summed E-state index contributed by atoms with van der Waals surface area (Å²) in [5.74, 6) is -10.1. The molecule has 0 saturated heterocycles. The van der Waals surface area contributed by atoms with Gasteiger partial charge in [-0.15, -0.1) is 0 Å². The number of halogens is 8. The number of nitrogens with two attached hydrogens (primary N) is 2. The molecular formula is C45H34F8N2O10. The van der Waals surface area contributed by atoms with Crippen LogP contribution in [0.2, 0.25) is 0 Å². The van der Waals surface area contributed by atoms with Crippen LogP contribution in [0.1, 0.15) is 49.7 Å². The number of esters is 2. The highest BCUT2D eigenvalue weighted by molar-refractivity contribution is 6.01. The number of alkyl halides is 8. The van der Waals surface area contributed by atoms with Crippen molar-refractivity contribution in [1.29, 1.82) is 0 Å². The van der Waals surface area contributed by atoms with Crippen LogP contribution in [0.15, 0.2) is 127 Å². The zero-order chi connectivity index (χ0) is 47.7. The monoisotopic (exact) mass is 914 g/mol. The summed E-state index contributed by atoms with van der Waals surface area (Å²) in [5, 5.41) is 22.5. The number of ether oxygens (including phenoxy) is 4. The number of carbonyl (C=O) groups is 4. The number of allylic oxidation sites excluding steroid dienone is 1. The molecule has 0 aliphatic rings. The quantitative estimate of drug-likeness (QED) is 0.0154. The van der Waals surface area contributed by atoms with Crippen molar-refractivity contribution >= 4 is 47.0 Å². The molecule has 0 spiro atoms. The van der Waals surface area contributed by atoms with Gasteiger partial charge in [-0.2, -0.15) is 35.1 Å². The van der Waals surface area contributed by atoms with Crippen LogP contribution in [-0.2, 0) is 9.59 Å². The number of rotatable bonds is 19. The van der Waals surface area contributed by atoms with E-state index in [9.17, 15) is 64.5 Å². The summed E-state index contributed by atoms with van der Waals surface area (Å²) < 4.78 is 120. The minimum atomic E-state index is -4.73. The van der Waals surface area contributed by atoms with E-state index in [-0.39, 0.29) is 45.1 Å². The molecule has 65 heavy (non-hydrogen) atoms. The number of nitrogen functional groups attached to an aromatic ring is 2. The minimum absolute atomic E-state index is 0.0000411. The second-order valence-electron chi connectivity index (χ2n) is 13.8. The fourth-order valence-electron chi connectivity index (χ4n) is 5.65. The van der Waals surface area contributed by atoms with E-state index in [0.29, 0.717) is 5.56 Å². The molecule has 340 valence electrons. The molecule has 0 bridgehead atoms. The molecule has 0 heterocycles. The highest BCUT2D eigenvalue weighted by atomic mass is 19.3. The van der Waals surface area contributed by atoms with E-state index >= 15 is 0 Å². The first kappa shape index (κ1) is 48.5. The third kappa shape index (κ3) is 13.0. The lowest BCUT2D eigenvalue weighted by molar-refractivity contribution is -0.253. The van der Waals surface area contributed by atoms with Crippen molar-refractivity contribution < 1.29 is 83.5 Å². The van der Waals surface area contributed by atoms with Crippen molar-refractivity contribution in [2.45, 2.75) is 43.2 Å². The first-order chi connectivity index (χ1) is 30.5. The van der Waals surface area contributed by atoms with E-state index in [4.69, 9.17) is 20.9 Å². The normalized spacial score (nSPS) is 12.7. The van der Waals surface area contributed by atoms with E-state index in [1.54, 1.807) is 0 Å². The second kappa shape index (κ2) is 20.3. The van der Waals surface area contributed by atoms with Gasteiger partial charge in [0.05, 0.1) is 17.0 Å². The molecule has 1 unspecified atom stereocenters. The number of benzene rings is 5. The number of carbonyl (C=O) groups excluding carboxylic acids is 4. The average Bonchev–Trinajstić information content (AvgIpc) is 3.25. The second-order valence-corrected chi connectivity index (χ2v) is 13.8. The van der Waals surface area contributed by atoms with Gasteiger partial charge in [0.2, 0.25) is 11.6 Å². The molecule has 0 fully saturated rings. The highest BCUT2D eigenvalue weighted by Gasteiger charge is 2.45. The van der Waals surface area contributed by atoms with Gasteiger partial charge in [-0.25, -0.2) is 9.59 Å². The van der Waals surface area contributed by atoms with E-state index in [1.165, 1.54) is 78.9 Å². The molecule has 5 aromatic rings. The molecule has 0 aliphatic carbocycles. The Balaban J connectivity index is 1.21. The van der Waals surface area contributed by atoms with Gasteiger partial charge in [0.15, 0.2) is 5.78 Å². The standard InChI is InChI=1S/C45H34F8N2O10/c46-41(47)44(50,51)64-33-17-13-31(14-18-33)62-39(58)27-7-1-25(2-8-27)5-12-30(56)24-36(35-21-11-29(54)23-37(35)55)43(60,61)38(57)22-6-26-3-9-28(10-4-26)40(59)63-32-15-19-34(20-16-32)65-45(52,53)42(48)49/h1-23,36,41-42,60-61H,24,54-55H2/b12-5+,22-6+. The summed E-state index contributed by atoms with van der Waals surface area (Å²) >= 11 is 0. The first-order valence-electron chi connectivity index (χ1n) is 18.6. The molecule has 12 nitrogen and oxygen atoms in total. The van der Waals surface area contributed by atoms with Crippen molar-refractivity contribution in [2.24, 2.45) is 0 Å². The molecule has 0 saturated carbocycles. The number of aliphatic hydroxyl groups is 2. The fourth-order valence-corrected chi connectivity index (χ4v) is 5.65. The topological polar surface area (TPSA) is 198 Å². The van der Waals surface area contributed by atoms with Gasteiger partial charge < -0.3 is 40.6 Å². The Kier molecular flexibility index (Phi) is 15.1. The summed E-state index contributed by atoms with van der Waals surface area (Å²) in [4.78, 5) is 51.9. The Morgan fingerprint density at radius 1 is 0.569 bits per heavy atom. The third-order valence-corrected chi connectivity index (χ3v) is 9.01. The summed E-state index contributed by atoms with van der Waals surface area (Å²) in [6.45, 7) is 0. The minimum Gasteiger partial charge on any atom is -0.428 e. The number of ketones is 2. The predicted octanol–water partition coefficient (Wildman–Crippen LogP) is 8.48. The Hall–Kier alpha value is -7.58. The smallest absolute Gasteiger partial charge is 0.428 e. The maximum Gasteiger partial charge on any atom is 0.461 e. The van der Waals surface area contributed by atoms with E-state index < -0.39 is 78.2 Å². The van der Waals surface area contributed by atoms with E-state index in [2.05, 4.69) is 9.47 Å². The maximum atomic E-state index is 13.4. The van der Waals surface area contributed by atoms with Crippen molar-refractivity contribution in [2.75, 3.05) is 11.5 Å². The van der Waals surface area contributed by atoms with Gasteiger partial charge in [0.1, 0.15) is 23.0 Å². The number of anilines is 2. The van der Waals surface area contributed by atoms with Gasteiger partial charge >= 0.3 is 37.0 Å². The molecule has 20 heteroatoms. The van der Waals surface area contributed by atoms with Gasteiger partial charge in [0, 0.05) is 17.8 Å². The molecule has 1 atom stereocenters. The van der Waals surface area contributed by atoms with Crippen LogP contribution in [0.5, 0.6) is 23.0 Å².